The third-order valence-corrected chi connectivity index (χ3v) is 4.41. The van der Waals surface area contributed by atoms with Crippen LogP contribution in [0.15, 0.2) is 47.6 Å². The topological polar surface area (TPSA) is 87.7 Å². The normalized spacial score (nSPS) is 12.5. The first kappa shape index (κ1) is 15.3. The predicted octanol–water partition coefficient (Wildman–Crippen LogP) is 2.78. The molecule has 0 radical (unpaired) electrons. The summed E-state index contributed by atoms with van der Waals surface area (Å²) in [4.78, 5) is 2.77. The molecule has 0 bridgehead atoms. The van der Waals surface area contributed by atoms with E-state index in [1.54, 1.807) is 12.1 Å². The van der Waals surface area contributed by atoms with Gasteiger partial charge in [-0.15, -0.1) is 0 Å². The summed E-state index contributed by atoms with van der Waals surface area (Å²) in [5.41, 5.74) is -0.456. The van der Waals surface area contributed by atoms with Crippen LogP contribution in [0.4, 0.5) is 18.9 Å². The van der Waals surface area contributed by atoms with Crippen LogP contribution in [0.2, 0.25) is 0 Å². The molecule has 120 valence electrons. The maximum atomic E-state index is 12.5. The maximum absolute atomic E-state index is 12.5. The van der Waals surface area contributed by atoms with Gasteiger partial charge >= 0.3 is 6.18 Å². The first-order valence-corrected chi connectivity index (χ1v) is 7.74. The molecule has 2 N–H and O–H groups in total. The van der Waals surface area contributed by atoms with Gasteiger partial charge < -0.3 is 0 Å². The Morgan fingerprint density at radius 3 is 2.52 bits per heavy atom. The Morgan fingerprint density at radius 2 is 1.87 bits per heavy atom. The molecular weight excluding hydrogens is 333 g/mol. The predicted molar refractivity (Wildman–Crippen MR) is 76.1 cm³/mol. The van der Waals surface area contributed by atoms with Crippen LogP contribution in [0.25, 0.3) is 10.9 Å². The van der Waals surface area contributed by atoms with Gasteiger partial charge in [0.15, 0.2) is 0 Å². The molecule has 2 aromatic heterocycles. The maximum Gasteiger partial charge on any atom is 0.433 e. The van der Waals surface area contributed by atoms with Crippen LogP contribution in [0.5, 0.6) is 0 Å². The zero-order valence-electron chi connectivity index (χ0n) is 11.3. The number of fused-ring (bicyclic) bond motifs is 1. The second kappa shape index (κ2) is 5.23. The summed E-state index contributed by atoms with van der Waals surface area (Å²) < 4.78 is 64.2. The van der Waals surface area contributed by atoms with Crippen molar-refractivity contribution in [3.8, 4) is 0 Å². The van der Waals surface area contributed by atoms with Crippen molar-refractivity contribution in [1.29, 1.82) is 0 Å². The molecule has 0 amide bonds. The molecule has 10 heteroatoms. The summed E-state index contributed by atoms with van der Waals surface area (Å²) in [5, 5.41) is 7.15. The van der Waals surface area contributed by atoms with Gasteiger partial charge in [-0.25, -0.2) is 8.42 Å². The number of sulfonamides is 1. The molecule has 0 atom stereocenters. The van der Waals surface area contributed by atoms with Gasteiger partial charge in [0.05, 0.1) is 17.4 Å². The number of para-hydroxylation sites is 1. The van der Waals surface area contributed by atoms with E-state index in [4.69, 9.17) is 0 Å². The lowest BCUT2D eigenvalue weighted by Crippen LogP contribution is -2.15. The number of alkyl halides is 3. The number of pyridine rings is 1. The third-order valence-electron chi connectivity index (χ3n) is 3.06. The Balaban J connectivity index is 1.94. The van der Waals surface area contributed by atoms with Gasteiger partial charge in [-0.2, -0.15) is 18.3 Å². The first-order valence-electron chi connectivity index (χ1n) is 6.25. The molecule has 0 unspecified atom stereocenters. The van der Waals surface area contributed by atoms with Crippen LogP contribution < -0.4 is 4.72 Å². The lowest BCUT2D eigenvalue weighted by atomic mass is 10.2. The molecular formula is C13H9F3N4O2S. The van der Waals surface area contributed by atoms with Crippen LogP contribution in [0.3, 0.4) is 0 Å². The molecule has 0 spiro atoms. The van der Waals surface area contributed by atoms with E-state index >= 15 is 0 Å². The number of hydrogen-bond donors (Lipinski definition) is 2. The number of benzene rings is 1. The smallest absolute Gasteiger partial charge is 0.277 e. The zero-order valence-corrected chi connectivity index (χ0v) is 12.1. The average molecular weight is 342 g/mol. The van der Waals surface area contributed by atoms with Crippen molar-refractivity contribution >= 4 is 26.6 Å². The second-order valence-corrected chi connectivity index (χ2v) is 6.30. The Labute approximate surface area is 128 Å². The minimum Gasteiger partial charge on any atom is -0.277 e. The number of hydrogen-bond acceptors (Lipinski definition) is 4. The van der Waals surface area contributed by atoms with Gasteiger partial charge in [0.2, 0.25) is 0 Å². The number of aromatic nitrogens is 3. The summed E-state index contributed by atoms with van der Waals surface area (Å²) in [5.74, 6) is 0. The lowest BCUT2D eigenvalue weighted by Gasteiger charge is -2.10. The quantitative estimate of drug-likeness (QED) is 0.766. The van der Waals surface area contributed by atoms with Crippen molar-refractivity contribution in [1.82, 2.24) is 15.2 Å². The third kappa shape index (κ3) is 2.97. The summed E-state index contributed by atoms with van der Waals surface area (Å²) in [6, 6.07) is 6.34. The van der Waals surface area contributed by atoms with E-state index in [1.807, 2.05) is 0 Å². The number of nitrogens with zero attached hydrogens (tertiary/aromatic N) is 2. The van der Waals surface area contributed by atoms with Crippen molar-refractivity contribution in [2.75, 3.05) is 4.72 Å². The van der Waals surface area contributed by atoms with Crippen molar-refractivity contribution in [2.24, 2.45) is 0 Å². The minimum atomic E-state index is -4.63. The molecule has 1 aromatic carbocycles. The van der Waals surface area contributed by atoms with E-state index in [0.29, 0.717) is 23.2 Å². The van der Waals surface area contributed by atoms with Gasteiger partial charge in [0.25, 0.3) is 10.0 Å². The number of halogens is 3. The van der Waals surface area contributed by atoms with Gasteiger partial charge in [0.1, 0.15) is 10.6 Å². The number of H-pyrrole nitrogens is 1. The van der Waals surface area contributed by atoms with Crippen LogP contribution in [-0.2, 0) is 16.2 Å². The zero-order chi connectivity index (χ0) is 16.7. The van der Waals surface area contributed by atoms with Gasteiger partial charge in [-0.05, 0) is 18.2 Å². The van der Waals surface area contributed by atoms with E-state index in [-0.39, 0.29) is 10.6 Å². The number of anilines is 1. The Hall–Kier alpha value is -2.62. The van der Waals surface area contributed by atoms with E-state index in [9.17, 15) is 21.6 Å². The van der Waals surface area contributed by atoms with Gasteiger partial charge in [-0.3, -0.25) is 14.8 Å². The van der Waals surface area contributed by atoms with Gasteiger partial charge in [-0.1, -0.05) is 12.1 Å². The Morgan fingerprint density at radius 1 is 1.09 bits per heavy atom. The SMILES string of the molecule is O=S(=O)(Nc1cccc2cn[nH]c12)c1ccc(C(F)(F)F)nc1. The van der Waals surface area contributed by atoms with E-state index < -0.39 is 21.9 Å². The highest BCUT2D eigenvalue weighted by Gasteiger charge is 2.32. The fourth-order valence-corrected chi connectivity index (χ4v) is 2.98. The van der Waals surface area contributed by atoms with E-state index in [0.717, 1.165) is 6.07 Å². The standard InChI is InChI=1S/C13H9F3N4O2S/c14-13(15,16)11-5-4-9(7-17-11)23(21,22)20-10-3-1-2-8-6-18-19-12(8)10/h1-7,20H,(H,18,19). The summed E-state index contributed by atoms with van der Waals surface area (Å²) in [7, 11) is -4.07. The van der Waals surface area contributed by atoms with Crippen LogP contribution in [0, 0.1) is 0 Å². The molecule has 0 aliphatic carbocycles. The summed E-state index contributed by atoms with van der Waals surface area (Å²) in [6.45, 7) is 0. The van der Waals surface area contributed by atoms with Crippen LogP contribution in [-0.4, -0.2) is 23.6 Å². The van der Waals surface area contributed by atoms with Crippen LogP contribution in [0.1, 0.15) is 5.69 Å². The highest BCUT2D eigenvalue weighted by molar-refractivity contribution is 7.92. The molecule has 3 rings (SSSR count). The molecule has 0 saturated heterocycles. The largest absolute Gasteiger partial charge is 0.433 e. The molecule has 2 heterocycles. The number of nitrogens with one attached hydrogen (secondary N) is 2. The fraction of sp³-hybridized carbons (Fsp3) is 0.0769. The highest BCUT2D eigenvalue weighted by atomic mass is 32.2. The molecule has 0 aliphatic rings. The molecule has 23 heavy (non-hydrogen) atoms. The van der Waals surface area contributed by atoms with E-state index in [2.05, 4.69) is 19.9 Å². The van der Waals surface area contributed by atoms with Gasteiger partial charge in [0, 0.05) is 11.6 Å². The highest BCUT2D eigenvalue weighted by Crippen LogP contribution is 2.28. The second-order valence-electron chi connectivity index (χ2n) is 4.62. The van der Waals surface area contributed by atoms with Crippen molar-refractivity contribution in [3.63, 3.8) is 0 Å². The summed E-state index contributed by atoms with van der Waals surface area (Å²) >= 11 is 0. The Kier molecular flexibility index (Phi) is 3.48. The van der Waals surface area contributed by atoms with Crippen molar-refractivity contribution < 1.29 is 21.6 Å². The summed E-state index contributed by atoms with van der Waals surface area (Å²) in [6.07, 6.45) is -2.44. The van der Waals surface area contributed by atoms with E-state index in [1.165, 1.54) is 12.3 Å². The molecule has 3 aromatic rings. The fourth-order valence-electron chi connectivity index (χ4n) is 1.96. The minimum absolute atomic E-state index is 0.236. The first-order chi connectivity index (χ1) is 10.8. The number of aromatic amines is 1. The Bertz CT molecular complexity index is 949. The molecule has 0 fully saturated rings. The van der Waals surface area contributed by atoms with Crippen molar-refractivity contribution in [3.05, 3.63) is 48.4 Å². The van der Waals surface area contributed by atoms with Crippen molar-refractivity contribution in [2.45, 2.75) is 11.1 Å². The molecule has 0 aliphatic heterocycles. The number of rotatable bonds is 3. The average Bonchev–Trinajstić information content (AvgIpc) is 2.96. The van der Waals surface area contributed by atoms with Crippen LogP contribution >= 0.6 is 0 Å². The molecule has 0 saturated carbocycles. The molecule has 6 nitrogen and oxygen atoms in total. The lowest BCUT2D eigenvalue weighted by molar-refractivity contribution is -0.141. The monoisotopic (exact) mass is 342 g/mol.